The van der Waals surface area contributed by atoms with Gasteiger partial charge in [0.1, 0.15) is 0 Å². The molecule has 2 aromatic rings. The van der Waals surface area contributed by atoms with Crippen molar-refractivity contribution in [3.8, 4) is 17.2 Å². The van der Waals surface area contributed by atoms with Gasteiger partial charge in [-0.25, -0.2) is 0 Å². The van der Waals surface area contributed by atoms with Gasteiger partial charge in [-0.15, -0.1) is 0 Å². The third-order valence-electron chi connectivity index (χ3n) is 2.71. The van der Waals surface area contributed by atoms with Crippen molar-refractivity contribution in [2.24, 2.45) is 5.73 Å². The van der Waals surface area contributed by atoms with Crippen molar-refractivity contribution < 1.29 is 14.2 Å². The van der Waals surface area contributed by atoms with Crippen molar-refractivity contribution in [2.75, 3.05) is 6.61 Å². The molecule has 1 heterocycles. The second kappa shape index (κ2) is 5.49. The molecule has 0 atom stereocenters. The van der Waals surface area contributed by atoms with E-state index in [0.29, 0.717) is 11.4 Å². The molecule has 2 N–H and O–H groups in total. The standard InChI is InChI=1S/C13H16N4O4/c1-4-20-10-8(6-5-7-9(10)17(18)19)11-15-12(16-21-11)13(2,3)14/h5-7H,4,14H2,1-3H3. The van der Waals surface area contributed by atoms with Crippen molar-refractivity contribution in [3.05, 3.63) is 34.1 Å². The topological polar surface area (TPSA) is 117 Å². The van der Waals surface area contributed by atoms with Gasteiger partial charge in [0.05, 0.1) is 22.6 Å². The van der Waals surface area contributed by atoms with Crippen LogP contribution in [-0.4, -0.2) is 21.7 Å². The molecule has 0 aliphatic carbocycles. The number of hydrogen-bond donors (Lipinski definition) is 1. The van der Waals surface area contributed by atoms with E-state index in [4.69, 9.17) is 15.0 Å². The molecule has 0 saturated carbocycles. The molecule has 0 fully saturated rings. The van der Waals surface area contributed by atoms with E-state index in [0.717, 1.165) is 0 Å². The van der Waals surface area contributed by atoms with Crippen LogP contribution < -0.4 is 10.5 Å². The average Bonchev–Trinajstić information content (AvgIpc) is 2.88. The highest BCUT2D eigenvalue weighted by Crippen LogP contribution is 2.37. The van der Waals surface area contributed by atoms with Gasteiger partial charge in [-0.2, -0.15) is 4.98 Å². The Hall–Kier alpha value is -2.48. The zero-order valence-corrected chi connectivity index (χ0v) is 12.0. The summed E-state index contributed by atoms with van der Waals surface area (Å²) in [7, 11) is 0. The number of para-hydroxylation sites is 1. The van der Waals surface area contributed by atoms with E-state index in [9.17, 15) is 10.1 Å². The van der Waals surface area contributed by atoms with Crippen LogP contribution in [-0.2, 0) is 5.54 Å². The molecule has 21 heavy (non-hydrogen) atoms. The fraction of sp³-hybridized carbons (Fsp3) is 0.385. The maximum atomic E-state index is 11.1. The Bertz CT molecular complexity index is 660. The Balaban J connectivity index is 2.55. The van der Waals surface area contributed by atoms with E-state index in [-0.39, 0.29) is 23.9 Å². The van der Waals surface area contributed by atoms with Crippen LogP contribution in [0.5, 0.6) is 5.75 Å². The van der Waals surface area contributed by atoms with Crippen molar-refractivity contribution in [2.45, 2.75) is 26.3 Å². The quantitative estimate of drug-likeness (QED) is 0.663. The normalized spacial score (nSPS) is 11.4. The lowest BCUT2D eigenvalue weighted by Gasteiger charge is -2.11. The third kappa shape index (κ3) is 3.00. The van der Waals surface area contributed by atoms with Gasteiger partial charge in [-0.1, -0.05) is 11.2 Å². The molecule has 0 spiro atoms. The smallest absolute Gasteiger partial charge is 0.311 e. The second-order valence-corrected chi connectivity index (χ2v) is 4.99. The Morgan fingerprint density at radius 1 is 1.48 bits per heavy atom. The van der Waals surface area contributed by atoms with E-state index in [2.05, 4.69) is 10.1 Å². The lowest BCUT2D eigenvalue weighted by Crippen LogP contribution is -2.30. The number of nitro groups is 1. The molecular weight excluding hydrogens is 276 g/mol. The number of ether oxygens (including phenoxy) is 1. The van der Waals surface area contributed by atoms with Gasteiger partial charge >= 0.3 is 5.69 Å². The van der Waals surface area contributed by atoms with Crippen LogP contribution in [0, 0.1) is 10.1 Å². The van der Waals surface area contributed by atoms with Crippen LogP contribution >= 0.6 is 0 Å². The maximum Gasteiger partial charge on any atom is 0.311 e. The molecule has 0 radical (unpaired) electrons. The molecular formula is C13H16N4O4. The molecule has 0 bridgehead atoms. The van der Waals surface area contributed by atoms with Gasteiger partial charge in [0.25, 0.3) is 5.89 Å². The fourth-order valence-corrected chi connectivity index (χ4v) is 1.73. The first-order valence-corrected chi connectivity index (χ1v) is 6.38. The molecule has 0 amide bonds. The molecule has 0 unspecified atom stereocenters. The first-order valence-electron chi connectivity index (χ1n) is 6.38. The zero-order valence-electron chi connectivity index (χ0n) is 12.0. The molecule has 8 heteroatoms. The first kappa shape index (κ1) is 14.9. The third-order valence-corrected chi connectivity index (χ3v) is 2.71. The van der Waals surface area contributed by atoms with Crippen LogP contribution in [0.2, 0.25) is 0 Å². The predicted molar refractivity (Wildman–Crippen MR) is 74.8 cm³/mol. The number of nitro benzene ring substituents is 1. The zero-order chi connectivity index (χ0) is 15.6. The minimum atomic E-state index is -0.770. The summed E-state index contributed by atoms with van der Waals surface area (Å²) >= 11 is 0. The molecule has 0 aliphatic heterocycles. The highest BCUT2D eigenvalue weighted by molar-refractivity contribution is 5.70. The highest BCUT2D eigenvalue weighted by atomic mass is 16.6. The number of nitrogens with zero attached hydrogens (tertiary/aromatic N) is 3. The number of benzene rings is 1. The van der Waals surface area contributed by atoms with Crippen molar-refractivity contribution in [1.29, 1.82) is 0 Å². The van der Waals surface area contributed by atoms with Crippen LogP contribution in [0.4, 0.5) is 5.69 Å². The van der Waals surface area contributed by atoms with Gasteiger partial charge in [0, 0.05) is 6.07 Å². The van der Waals surface area contributed by atoms with E-state index >= 15 is 0 Å². The Morgan fingerprint density at radius 3 is 2.71 bits per heavy atom. The van der Waals surface area contributed by atoms with Crippen molar-refractivity contribution in [1.82, 2.24) is 10.1 Å². The summed E-state index contributed by atoms with van der Waals surface area (Å²) in [6.45, 7) is 5.49. The lowest BCUT2D eigenvalue weighted by atomic mass is 10.1. The molecule has 1 aromatic carbocycles. The van der Waals surface area contributed by atoms with Gasteiger partial charge in [-0.05, 0) is 26.8 Å². The predicted octanol–water partition coefficient (Wildman–Crippen LogP) is 2.24. The molecule has 1 aromatic heterocycles. The fourth-order valence-electron chi connectivity index (χ4n) is 1.73. The van der Waals surface area contributed by atoms with Gasteiger partial charge < -0.3 is 15.0 Å². The van der Waals surface area contributed by atoms with Gasteiger partial charge in [0.2, 0.25) is 5.75 Å². The maximum absolute atomic E-state index is 11.1. The largest absolute Gasteiger partial charge is 0.487 e. The molecule has 112 valence electrons. The molecule has 2 rings (SSSR count). The van der Waals surface area contributed by atoms with E-state index in [1.165, 1.54) is 12.1 Å². The second-order valence-electron chi connectivity index (χ2n) is 4.99. The first-order chi connectivity index (χ1) is 9.84. The lowest BCUT2D eigenvalue weighted by molar-refractivity contribution is -0.385. The Labute approximate surface area is 121 Å². The minimum Gasteiger partial charge on any atom is -0.487 e. The molecule has 0 aliphatic rings. The van der Waals surface area contributed by atoms with Crippen LogP contribution in [0.25, 0.3) is 11.5 Å². The van der Waals surface area contributed by atoms with E-state index in [1.54, 1.807) is 26.8 Å². The van der Waals surface area contributed by atoms with E-state index < -0.39 is 10.5 Å². The molecule has 0 saturated heterocycles. The van der Waals surface area contributed by atoms with E-state index in [1.807, 2.05) is 0 Å². The monoisotopic (exact) mass is 292 g/mol. The SMILES string of the molecule is CCOc1c(-c2nc(C(C)(C)N)no2)cccc1[N+](=O)[O-]. The van der Waals surface area contributed by atoms with Crippen molar-refractivity contribution >= 4 is 5.69 Å². The van der Waals surface area contributed by atoms with Crippen LogP contribution in [0.3, 0.4) is 0 Å². The van der Waals surface area contributed by atoms with Gasteiger partial charge in [0.15, 0.2) is 5.82 Å². The Morgan fingerprint density at radius 2 is 2.19 bits per heavy atom. The number of rotatable bonds is 5. The molecule has 8 nitrogen and oxygen atoms in total. The number of nitrogens with two attached hydrogens (primary N) is 1. The summed E-state index contributed by atoms with van der Waals surface area (Å²) in [5.41, 5.74) is 5.35. The van der Waals surface area contributed by atoms with Gasteiger partial charge in [-0.3, -0.25) is 10.1 Å². The van der Waals surface area contributed by atoms with Crippen LogP contribution in [0.1, 0.15) is 26.6 Å². The summed E-state index contributed by atoms with van der Waals surface area (Å²) < 4.78 is 10.5. The average molecular weight is 292 g/mol. The van der Waals surface area contributed by atoms with Crippen molar-refractivity contribution in [3.63, 3.8) is 0 Å². The number of hydrogen-bond acceptors (Lipinski definition) is 7. The summed E-state index contributed by atoms with van der Waals surface area (Å²) in [6, 6.07) is 4.52. The highest BCUT2D eigenvalue weighted by Gasteiger charge is 2.26. The summed E-state index contributed by atoms with van der Waals surface area (Å²) in [5.74, 6) is 0.553. The summed E-state index contributed by atoms with van der Waals surface area (Å²) in [6.07, 6.45) is 0. The Kier molecular flexibility index (Phi) is 3.90. The summed E-state index contributed by atoms with van der Waals surface area (Å²) in [4.78, 5) is 14.8. The number of aromatic nitrogens is 2. The minimum absolute atomic E-state index is 0.107. The van der Waals surface area contributed by atoms with Crippen LogP contribution in [0.15, 0.2) is 22.7 Å². The summed E-state index contributed by atoms with van der Waals surface area (Å²) in [5, 5.41) is 14.9.